The van der Waals surface area contributed by atoms with Crippen LogP contribution in [0.3, 0.4) is 0 Å². The molecule has 22 nitrogen and oxygen atoms in total. The van der Waals surface area contributed by atoms with Crippen molar-refractivity contribution in [2.45, 2.75) is 63.2 Å². The number of unbranched alkanes of at least 4 members (excludes halogenated alkanes) is 1. The Morgan fingerprint density at radius 1 is 0.830 bits per heavy atom. The first-order valence-electron chi connectivity index (χ1n) is 16.1. The Morgan fingerprint density at radius 3 is 2.19 bits per heavy atom. The smallest absolute Gasteiger partial charge is 0.326 e. The number of carboxylic acid groups (broad SMARTS) is 3. The second-order valence-electron chi connectivity index (χ2n) is 11.5. The number of rotatable bonds is 21. The third kappa shape index (κ3) is 13.2. The maximum Gasteiger partial charge on any atom is 0.326 e. The molecular weight excluding hydrogens is 702 g/mol. The first-order valence-corrected chi connectivity index (χ1v) is 16.1. The van der Waals surface area contributed by atoms with Gasteiger partial charge in [-0.2, -0.15) is 4.98 Å². The van der Waals surface area contributed by atoms with Crippen molar-refractivity contribution < 1.29 is 48.9 Å². The Hall–Kier alpha value is -6.71. The fraction of sp³-hybridized carbons (Fsp3) is 0.387. The fourth-order valence-corrected chi connectivity index (χ4v) is 4.74. The van der Waals surface area contributed by atoms with Crippen molar-refractivity contribution in [3.05, 3.63) is 52.1 Å². The minimum Gasteiger partial charge on any atom is -0.481 e. The number of hydrogen-bond donors (Lipinski definition) is 11. The molecule has 3 atom stereocenters. The summed E-state index contributed by atoms with van der Waals surface area (Å²) in [7, 11) is 0. The Balaban J connectivity index is 1.57. The lowest BCUT2D eigenvalue weighted by atomic mass is 10.1. The lowest BCUT2D eigenvalue weighted by Gasteiger charge is -2.22. The third-order valence-electron chi connectivity index (χ3n) is 7.40. The standard InChI is InChI=1S/C31H39N11O11/c32-10-2-1-3-18(27(49)36-14-23(46)47)39-28(50)20(11-22(44)45)38-21(43)9-8-19(30(52)53)40-26(48)15-4-6-16(7-5-15)34-12-17-13-35-25-24(37-17)29(51)42-31(33)41-25/h4-7,13,18-20,34H,1-3,8-12,14,32H2,(H,36,49)(H,38,43)(H,39,50)(H,40,48)(H,44,45)(H,46,47)(H,52,53)(H3,33,35,41,42,51). The molecule has 1 aromatic carbocycles. The number of carbonyl (C=O) groups is 7. The minimum absolute atomic E-state index is 0.00148. The first kappa shape index (κ1) is 40.7. The largest absolute Gasteiger partial charge is 0.481 e. The van der Waals surface area contributed by atoms with Crippen LogP contribution in [-0.2, 0) is 35.3 Å². The van der Waals surface area contributed by atoms with Crippen LogP contribution in [-0.4, -0.2) is 108 Å². The van der Waals surface area contributed by atoms with E-state index in [1.54, 1.807) is 0 Å². The van der Waals surface area contributed by atoms with Crippen molar-refractivity contribution in [3.8, 4) is 0 Å². The Kier molecular flexibility index (Phi) is 15.1. The van der Waals surface area contributed by atoms with Crippen LogP contribution in [0.15, 0.2) is 35.3 Å². The summed E-state index contributed by atoms with van der Waals surface area (Å²) < 4.78 is 0. The van der Waals surface area contributed by atoms with E-state index < -0.39 is 91.0 Å². The number of aliphatic carboxylic acids is 3. The number of nitrogens with one attached hydrogen (secondary N) is 6. The minimum atomic E-state index is -1.68. The van der Waals surface area contributed by atoms with Crippen LogP contribution in [0, 0.1) is 0 Å². The van der Waals surface area contributed by atoms with Crippen LogP contribution >= 0.6 is 0 Å². The van der Waals surface area contributed by atoms with Gasteiger partial charge in [0.2, 0.25) is 23.7 Å². The number of nitrogen functional groups attached to an aromatic ring is 1. The number of hydrogen-bond acceptors (Lipinski definition) is 14. The number of nitrogens with zero attached hydrogens (tertiary/aromatic N) is 3. The van der Waals surface area contributed by atoms with E-state index in [-0.39, 0.29) is 42.2 Å². The van der Waals surface area contributed by atoms with Crippen molar-refractivity contribution in [2.24, 2.45) is 5.73 Å². The Labute approximate surface area is 299 Å². The van der Waals surface area contributed by atoms with Gasteiger partial charge in [0.15, 0.2) is 11.2 Å². The third-order valence-corrected chi connectivity index (χ3v) is 7.40. The molecule has 22 heteroatoms. The van der Waals surface area contributed by atoms with Crippen molar-refractivity contribution in [3.63, 3.8) is 0 Å². The zero-order chi connectivity index (χ0) is 39.1. The normalized spacial score (nSPS) is 12.5. The van der Waals surface area contributed by atoms with Gasteiger partial charge in [-0.1, -0.05) is 0 Å². The number of aromatic amines is 1. The molecule has 0 radical (unpaired) electrons. The molecule has 0 spiro atoms. The molecule has 0 fully saturated rings. The van der Waals surface area contributed by atoms with E-state index in [0.29, 0.717) is 24.2 Å². The maximum absolute atomic E-state index is 13.0. The van der Waals surface area contributed by atoms with Crippen LogP contribution in [0.2, 0.25) is 0 Å². The zero-order valence-electron chi connectivity index (χ0n) is 28.1. The number of H-pyrrole nitrogens is 1. The molecular formula is C31H39N11O11. The summed E-state index contributed by atoms with van der Waals surface area (Å²) >= 11 is 0. The summed E-state index contributed by atoms with van der Waals surface area (Å²) in [6.07, 6.45) is 0.425. The van der Waals surface area contributed by atoms with Gasteiger partial charge in [0.25, 0.3) is 5.91 Å². The molecule has 53 heavy (non-hydrogen) atoms. The van der Waals surface area contributed by atoms with E-state index in [1.165, 1.54) is 30.5 Å². The van der Waals surface area contributed by atoms with Gasteiger partial charge in [-0.15, -0.1) is 0 Å². The molecule has 0 saturated carbocycles. The molecule has 13 N–H and O–H groups in total. The number of amides is 4. The van der Waals surface area contributed by atoms with Gasteiger partial charge in [0.05, 0.1) is 24.9 Å². The average Bonchev–Trinajstić information content (AvgIpc) is 3.10. The maximum atomic E-state index is 13.0. The second-order valence-corrected chi connectivity index (χ2v) is 11.5. The average molecular weight is 742 g/mol. The highest BCUT2D eigenvalue weighted by molar-refractivity contribution is 5.97. The number of fused-ring (bicyclic) bond motifs is 1. The van der Waals surface area contributed by atoms with Crippen LogP contribution in [0.25, 0.3) is 11.2 Å². The highest BCUT2D eigenvalue weighted by Gasteiger charge is 2.29. The van der Waals surface area contributed by atoms with E-state index in [0.717, 1.165) is 0 Å². The summed E-state index contributed by atoms with van der Waals surface area (Å²) in [4.78, 5) is 112. The molecule has 0 saturated heterocycles. The molecule has 0 aliphatic carbocycles. The number of anilines is 2. The molecule has 0 aliphatic rings. The second kappa shape index (κ2) is 19.6. The van der Waals surface area contributed by atoms with Gasteiger partial charge < -0.3 is 58.4 Å². The van der Waals surface area contributed by atoms with E-state index >= 15 is 0 Å². The molecule has 2 aromatic heterocycles. The Bertz CT molecular complexity index is 1890. The topological polar surface area (TPSA) is 364 Å². The molecule has 284 valence electrons. The van der Waals surface area contributed by atoms with Crippen molar-refractivity contribution in [1.29, 1.82) is 0 Å². The highest BCUT2D eigenvalue weighted by atomic mass is 16.4. The van der Waals surface area contributed by atoms with Crippen molar-refractivity contribution in [1.82, 2.24) is 41.2 Å². The number of benzene rings is 1. The van der Waals surface area contributed by atoms with Crippen molar-refractivity contribution in [2.75, 3.05) is 24.1 Å². The van der Waals surface area contributed by atoms with E-state index in [2.05, 4.69) is 46.5 Å². The highest BCUT2D eigenvalue weighted by Crippen LogP contribution is 2.13. The van der Waals surface area contributed by atoms with Crippen LogP contribution < -0.4 is 43.6 Å². The summed E-state index contributed by atoms with van der Waals surface area (Å²) in [6.45, 7) is -0.306. The molecule has 4 amide bonds. The number of nitrogens with two attached hydrogens (primary N) is 2. The van der Waals surface area contributed by atoms with Crippen LogP contribution in [0.4, 0.5) is 11.6 Å². The monoisotopic (exact) mass is 741 g/mol. The molecule has 3 rings (SSSR count). The molecule has 3 unspecified atom stereocenters. The fourth-order valence-electron chi connectivity index (χ4n) is 4.74. The lowest BCUT2D eigenvalue weighted by Crippen LogP contribution is -2.54. The van der Waals surface area contributed by atoms with E-state index in [4.69, 9.17) is 16.6 Å². The predicted molar refractivity (Wildman–Crippen MR) is 184 cm³/mol. The number of carbonyl (C=O) groups excluding carboxylic acids is 4. The van der Waals surface area contributed by atoms with Gasteiger partial charge in [-0.25, -0.2) is 14.8 Å². The summed E-state index contributed by atoms with van der Waals surface area (Å²) in [5.41, 5.74) is 11.5. The van der Waals surface area contributed by atoms with Crippen LogP contribution in [0.5, 0.6) is 0 Å². The molecule has 0 aliphatic heterocycles. The predicted octanol–water partition coefficient (Wildman–Crippen LogP) is -2.36. The Morgan fingerprint density at radius 2 is 1.55 bits per heavy atom. The molecule has 0 bridgehead atoms. The summed E-state index contributed by atoms with van der Waals surface area (Å²) in [6, 6.07) is 1.40. The van der Waals surface area contributed by atoms with Gasteiger partial charge in [-0.05, 0) is 56.5 Å². The quantitative estimate of drug-likeness (QED) is 0.0509. The van der Waals surface area contributed by atoms with Crippen molar-refractivity contribution >= 4 is 64.3 Å². The van der Waals surface area contributed by atoms with Gasteiger partial charge >= 0.3 is 23.5 Å². The van der Waals surface area contributed by atoms with Gasteiger partial charge in [-0.3, -0.25) is 33.6 Å². The molecule has 3 aromatic rings. The van der Waals surface area contributed by atoms with Gasteiger partial charge in [0.1, 0.15) is 24.7 Å². The summed E-state index contributed by atoms with van der Waals surface area (Å²) in [5.74, 6) is -7.96. The molecule has 2 heterocycles. The lowest BCUT2D eigenvalue weighted by molar-refractivity contribution is -0.141. The van der Waals surface area contributed by atoms with E-state index in [1.807, 2.05) is 0 Å². The van der Waals surface area contributed by atoms with Gasteiger partial charge in [0, 0.05) is 17.7 Å². The number of aromatic nitrogens is 4. The SMILES string of the molecule is NCCCCC(NC(=O)C(CC(=O)O)NC(=O)CCC(NC(=O)c1ccc(NCc2cnc3[nH]c(N)nc(=O)c3n2)cc1)C(=O)O)C(=O)NCC(=O)O. The van der Waals surface area contributed by atoms with Crippen LogP contribution in [0.1, 0.15) is 54.6 Å². The van der Waals surface area contributed by atoms with E-state index in [9.17, 15) is 48.6 Å². The zero-order valence-corrected chi connectivity index (χ0v) is 28.1. The summed E-state index contributed by atoms with van der Waals surface area (Å²) in [5, 5.41) is 39.9. The first-order chi connectivity index (χ1) is 25.2. The number of carboxylic acids is 3.